The lowest BCUT2D eigenvalue weighted by atomic mass is 10.1. The summed E-state index contributed by atoms with van der Waals surface area (Å²) in [4.78, 5) is 8.97. The summed E-state index contributed by atoms with van der Waals surface area (Å²) in [5, 5.41) is 3.33. The molecule has 1 aliphatic rings. The third kappa shape index (κ3) is 2.82. The van der Waals surface area contributed by atoms with Crippen molar-refractivity contribution in [1.29, 1.82) is 0 Å². The topological polar surface area (TPSA) is 47.0 Å². The first-order chi connectivity index (χ1) is 7.81. The number of anilines is 1. The van der Waals surface area contributed by atoms with Gasteiger partial charge in [0.05, 0.1) is 10.2 Å². The standard InChI is InChI=1S/C11H16IN3O/c1-2-4-13-11-9(12)6-14-10(15-11)8-3-5-16-7-8/h6,8H,2-5,7H2,1H3,(H,13,14,15). The molecule has 16 heavy (non-hydrogen) atoms. The average molecular weight is 333 g/mol. The van der Waals surface area contributed by atoms with E-state index in [-0.39, 0.29) is 0 Å². The zero-order chi connectivity index (χ0) is 11.4. The molecule has 0 bridgehead atoms. The largest absolute Gasteiger partial charge is 0.381 e. The van der Waals surface area contributed by atoms with Crippen LogP contribution in [0.2, 0.25) is 0 Å². The van der Waals surface area contributed by atoms with E-state index < -0.39 is 0 Å². The second kappa shape index (κ2) is 5.77. The maximum atomic E-state index is 5.36. The van der Waals surface area contributed by atoms with E-state index in [9.17, 15) is 0 Å². The van der Waals surface area contributed by atoms with Crippen molar-refractivity contribution in [2.75, 3.05) is 25.1 Å². The zero-order valence-corrected chi connectivity index (χ0v) is 11.5. The molecular formula is C11H16IN3O. The molecule has 0 aliphatic carbocycles. The highest BCUT2D eigenvalue weighted by Gasteiger charge is 2.21. The zero-order valence-electron chi connectivity index (χ0n) is 9.37. The molecular weight excluding hydrogens is 317 g/mol. The first-order valence-corrected chi connectivity index (χ1v) is 6.73. The van der Waals surface area contributed by atoms with Crippen LogP contribution in [0.4, 0.5) is 5.82 Å². The number of nitrogens with zero attached hydrogens (tertiary/aromatic N) is 2. The summed E-state index contributed by atoms with van der Waals surface area (Å²) < 4.78 is 6.44. The second-order valence-electron chi connectivity index (χ2n) is 3.91. The Morgan fingerprint density at radius 3 is 3.19 bits per heavy atom. The predicted molar refractivity (Wildman–Crippen MR) is 71.7 cm³/mol. The summed E-state index contributed by atoms with van der Waals surface area (Å²) in [6, 6.07) is 0. The lowest BCUT2D eigenvalue weighted by Crippen LogP contribution is -2.10. The minimum absolute atomic E-state index is 0.374. The summed E-state index contributed by atoms with van der Waals surface area (Å²) in [7, 11) is 0. The van der Waals surface area contributed by atoms with Crippen molar-refractivity contribution in [3.63, 3.8) is 0 Å². The second-order valence-corrected chi connectivity index (χ2v) is 5.07. The van der Waals surface area contributed by atoms with Crippen molar-refractivity contribution >= 4 is 28.4 Å². The van der Waals surface area contributed by atoms with E-state index in [0.717, 1.165) is 47.8 Å². The van der Waals surface area contributed by atoms with Crippen LogP contribution in [0.25, 0.3) is 0 Å². The quantitative estimate of drug-likeness (QED) is 0.860. The van der Waals surface area contributed by atoms with Crippen molar-refractivity contribution in [2.24, 2.45) is 0 Å². The van der Waals surface area contributed by atoms with Gasteiger partial charge in [0.2, 0.25) is 0 Å². The highest BCUT2D eigenvalue weighted by atomic mass is 127. The van der Waals surface area contributed by atoms with Crippen molar-refractivity contribution in [1.82, 2.24) is 9.97 Å². The molecule has 0 saturated carbocycles. The molecule has 0 radical (unpaired) electrons. The summed E-state index contributed by atoms with van der Waals surface area (Å²) in [6.45, 7) is 4.69. The highest BCUT2D eigenvalue weighted by molar-refractivity contribution is 14.1. The Kier molecular flexibility index (Phi) is 4.34. The summed E-state index contributed by atoms with van der Waals surface area (Å²) in [5.74, 6) is 2.25. The molecule has 1 unspecified atom stereocenters. The van der Waals surface area contributed by atoms with E-state index in [1.165, 1.54) is 0 Å². The van der Waals surface area contributed by atoms with Crippen LogP contribution in [0.5, 0.6) is 0 Å². The lowest BCUT2D eigenvalue weighted by Gasteiger charge is -2.10. The van der Waals surface area contributed by atoms with Gasteiger partial charge >= 0.3 is 0 Å². The molecule has 2 heterocycles. The Balaban J connectivity index is 2.13. The van der Waals surface area contributed by atoms with E-state index in [1.807, 2.05) is 6.20 Å². The van der Waals surface area contributed by atoms with Crippen molar-refractivity contribution in [2.45, 2.75) is 25.7 Å². The third-order valence-electron chi connectivity index (χ3n) is 2.60. The van der Waals surface area contributed by atoms with Gasteiger partial charge in [-0.3, -0.25) is 0 Å². The Morgan fingerprint density at radius 1 is 1.62 bits per heavy atom. The molecule has 1 fully saturated rings. The molecule has 1 aromatic rings. The molecule has 1 N–H and O–H groups in total. The molecule has 1 aliphatic heterocycles. The van der Waals surface area contributed by atoms with Crippen molar-refractivity contribution in [3.8, 4) is 0 Å². The average Bonchev–Trinajstić information content (AvgIpc) is 2.81. The van der Waals surface area contributed by atoms with Crippen LogP contribution < -0.4 is 5.32 Å². The number of hydrogen-bond acceptors (Lipinski definition) is 4. The SMILES string of the molecule is CCCNc1nc(C2CCOC2)ncc1I. The van der Waals surface area contributed by atoms with Crippen LogP contribution in [0.3, 0.4) is 0 Å². The maximum Gasteiger partial charge on any atom is 0.143 e. The van der Waals surface area contributed by atoms with Crippen molar-refractivity contribution in [3.05, 3.63) is 15.6 Å². The highest BCUT2D eigenvalue weighted by Crippen LogP contribution is 2.24. The molecule has 4 nitrogen and oxygen atoms in total. The molecule has 1 aromatic heterocycles. The molecule has 0 spiro atoms. The van der Waals surface area contributed by atoms with E-state index in [0.29, 0.717) is 5.92 Å². The van der Waals surface area contributed by atoms with E-state index >= 15 is 0 Å². The minimum Gasteiger partial charge on any atom is -0.381 e. The van der Waals surface area contributed by atoms with Crippen LogP contribution in [-0.2, 0) is 4.74 Å². The molecule has 5 heteroatoms. The van der Waals surface area contributed by atoms with Crippen LogP contribution in [0.1, 0.15) is 31.5 Å². The van der Waals surface area contributed by atoms with Gasteiger partial charge in [-0.1, -0.05) is 6.92 Å². The first-order valence-electron chi connectivity index (χ1n) is 5.65. The number of aromatic nitrogens is 2. The number of rotatable bonds is 4. The third-order valence-corrected chi connectivity index (χ3v) is 3.39. The smallest absolute Gasteiger partial charge is 0.143 e. The number of hydrogen-bond donors (Lipinski definition) is 1. The summed E-state index contributed by atoms with van der Waals surface area (Å²) in [6.07, 6.45) is 4.02. The van der Waals surface area contributed by atoms with Crippen LogP contribution in [0.15, 0.2) is 6.20 Å². The molecule has 1 saturated heterocycles. The van der Waals surface area contributed by atoms with Gasteiger partial charge in [0.25, 0.3) is 0 Å². The predicted octanol–water partition coefficient (Wildman–Crippen LogP) is 2.41. The van der Waals surface area contributed by atoms with E-state index in [4.69, 9.17) is 4.74 Å². The fourth-order valence-corrected chi connectivity index (χ4v) is 2.13. The van der Waals surface area contributed by atoms with Crippen molar-refractivity contribution < 1.29 is 4.74 Å². The first kappa shape index (κ1) is 12.0. The molecule has 0 amide bonds. The van der Waals surface area contributed by atoms with Gasteiger partial charge < -0.3 is 10.1 Å². The summed E-state index contributed by atoms with van der Waals surface area (Å²) in [5.41, 5.74) is 0. The monoisotopic (exact) mass is 333 g/mol. The summed E-state index contributed by atoms with van der Waals surface area (Å²) >= 11 is 2.26. The molecule has 0 aromatic carbocycles. The molecule has 2 rings (SSSR count). The number of halogens is 1. The normalized spacial score (nSPS) is 20.0. The van der Waals surface area contributed by atoms with Gasteiger partial charge in [-0.2, -0.15) is 0 Å². The Bertz CT molecular complexity index is 353. The van der Waals surface area contributed by atoms with Gasteiger partial charge in [0.1, 0.15) is 11.6 Å². The Morgan fingerprint density at radius 2 is 2.50 bits per heavy atom. The van der Waals surface area contributed by atoms with Gasteiger partial charge in [0, 0.05) is 25.3 Å². The van der Waals surface area contributed by atoms with E-state index in [1.54, 1.807) is 0 Å². The van der Waals surface area contributed by atoms with Crippen LogP contribution in [0, 0.1) is 3.57 Å². The van der Waals surface area contributed by atoms with Crippen LogP contribution >= 0.6 is 22.6 Å². The Labute approximate surface area is 109 Å². The van der Waals surface area contributed by atoms with Gasteiger partial charge in [-0.15, -0.1) is 0 Å². The van der Waals surface area contributed by atoms with Gasteiger partial charge in [0.15, 0.2) is 0 Å². The number of nitrogens with one attached hydrogen (secondary N) is 1. The van der Waals surface area contributed by atoms with Crippen LogP contribution in [-0.4, -0.2) is 29.7 Å². The number of ether oxygens (including phenoxy) is 1. The molecule has 1 atom stereocenters. The Hall–Kier alpha value is -0.430. The lowest BCUT2D eigenvalue weighted by molar-refractivity contribution is 0.193. The fraction of sp³-hybridized carbons (Fsp3) is 0.636. The molecule has 88 valence electrons. The van der Waals surface area contributed by atoms with Gasteiger partial charge in [-0.25, -0.2) is 9.97 Å². The van der Waals surface area contributed by atoms with Gasteiger partial charge in [-0.05, 0) is 35.4 Å². The maximum absolute atomic E-state index is 5.36. The fourth-order valence-electron chi connectivity index (χ4n) is 1.68. The minimum atomic E-state index is 0.374. The van der Waals surface area contributed by atoms with E-state index in [2.05, 4.69) is 44.8 Å².